The molecule has 1 N–H and O–H groups in total. The Morgan fingerprint density at radius 3 is 2.59 bits per heavy atom. The number of aliphatic carboxylic acids is 1. The summed E-state index contributed by atoms with van der Waals surface area (Å²) in [6, 6.07) is 7.25. The molecule has 0 unspecified atom stereocenters. The normalized spacial score (nSPS) is 18.6. The summed E-state index contributed by atoms with van der Waals surface area (Å²) in [6.07, 6.45) is 0.729. The highest BCUT2D eigenvalue weighted by Crippen LogP contribution is 2.32. The molecule has 0 atom stereocenters. The first-order chi connectivity index (χ1) is 8.14. The fraction of sp³-hybridized carbons (Fsp3) is 0.417. The SMILES string of the molecule is O=C(O)C1(Oc2ccccc2Br)CCOCC1. The monoisotopic (exact) mass is 300 g/mol. The molecule has 4 nitrogen and oxygen atoms in total. The number of rotatable bonds is 3. The number of ether oxygens (including phenoxy) is 2. The molecular formula is C12H13BrO4. The molecule has 1 heterocycles. The maximum absolute atomic E-state index is 11.4. The Morgan fingerprint density at radius 2 is 2.00 bits per heavy atom. The van der Waals surface area contributed by atoms with E-state index >= 15 is 0 Å². The van der Waals surface area contributed by atoms with E-state index in [9.17, 15) is 9.90 Å². The maximum atomic E-state index is 11.4. The zero-order valence-corrected chi connectivity index (χ0v) is 10.8. The zero-order valence-electron chi connectivity index (χ0n) is 9.19. The van der Waals surface area contributed by atoms with E-state index in [1.165, 1.54) is 0 Å². The molecule has 92 valence electrons. The quantitative estimate of drug-likeness (QED) is 0.932. The summed E-state index contributed by atoms with van der Waals surface area (Å²) in [5.41, 5.74) is -1.16. The van der Waals surface area contributed by atoms with Gasteiger partial charge >= 0.3 is 5.97 Å². The molecule has 0 amide bonds. The van der Waals surface area contributed by atoms with Crippen LogP contribution in [0.25, 0.3) is 0 Å². The molecule has 2 rings (SSSR count). The third-order valence-corrected chi connectivity index (χ3v) is 3.49. The number of carbonyl (C=O) groups is 1. The minimum absolute atomic E-state index is 0.365. The highest BCUT2D eigenvalue weighted by atomic mass is 79.9. The van der Waals surface area contributed by atoms with Crippen molar-refractivity contribution in [3.8, 4) is 5.75 Å². The predicted molar refractivity (Wildman–Crippen MR) is 65.2 cm³/mol. The Kier molecular flexibility index (Phi) is 3.69. The Labute approximate surface area is 108 Å². The number of benzene rings is 1. The molecule has 0 radical (unpaired) electrons. The van der Waals surface area contributed by atoms with Crippen LogP contribution in [0.15, 0.2) is 28.7 Å². The van der Waals surface area contributed by atoms with Crippen LogP contribution in [-0.4, -0.2) is 29.9 Å². The lowest BCUT2D eigenvalue weighted by atomic mass is 9.94. The molecule has 0 aliphatic carbocycles. The summed E-state index contributed by atoms with van der Waals surface area (Å²) in [4.78, 5) is 11.4. The summed E-state index contributed by atoms with van der Waals surface area (Å²) in [5, 5.41) is 9.35. The summed E-state index contributed by atoms with van der Waals surface area (Å²) < 4.78 is 11.7. The molecule has 1 aliphatic heterocycles. The van der Waals surface area contributed by atoms with E-state index < -0.39 is 11.6 Å². The van der Waals surface area contributed by atoms with Crippen LogP contribution in [0.1, 0.15) is 12.8 Å². The maximum Gasteiger partial charge on any atom is 0.348 e. The van der Waals surface area contributed by atoms with E-state index in [0.29, 0.717) is 31.8 Å². The van der Waals surface area contributed by atoms with Gasteiger partial charge in [-0.05, 0) is 28.1 Å². The highest BCUT2D eigenvalue weighted by molar-refractivity contribution is 9.10. The molecule has 0 spiro atoms. The van der Waals surface area contributed by atoms with Gasteiger partial charge in [0, 0.05) is 12.8 Å². The van der Waals surface area contributed by atoms with Crippen LogP contribution in [0.2, 0.25) is 0 Å². The summed E-state index contributed by atoms with van der Waals surface area (Å²) in [6.45, 7) is 0.827. The minimum atomic E-state index is -1.16. The molecular weight excluding hydrogens is 288 g/mol. The summed E-state index contributed by atoms with van der Waals surface area (Å²) in [5.74, 6) is -0.381. The van der Waals surface area contributed by atoms with Gasteiger partial charge in [-0.25, -0.2) is 4.79 Å². The van der Waals surface area contributed by atoms with Crippen molar-refractivity contribution in [1.82, 2.24) is 0 Å². The largest absolute Gasteiger partial charge is 0.478 e. The van der Waals surface area contributed by atoms with Gasteiger partial charge in [0.05, 0.1) is 17.7 Å². The number of carboxylic acids is 1. The number of carboxylic acid groups (broad SMARTS) is 1. The average Bonchev–Trinajstić information content (AvgIpc) is 2.33. The van der Waals surface area contributed by atoms with Gasteiger partial charge in [-0.2, -0.15) is 0 Å². The van der Waals surface area contributed by atoms with Gasteiger partial charge < -0.3 is 14.6 Å². The van der Waals surface area contributed by atoms with Crippen LogP contribution in [0, 0.1) is 0 Å². The van der Waals surface area contributed by atoms with Gasteiger partial charge in [0.1, 0.15) is 5.75 Å². The van der Waals surface area contributed by atoms with Gasteiger partial charge in [-0.15, -0.1) is 0 Å². The molecule has 0 bridgehead atoms. The first-order valence-corrected chi connectivity index (χ1v) is 6.18. The van der Waals surface area contributed by atoms with Crippen molar-refractivity contribution in [3.05, 3.63) is 28.7 Å². The first-order valence-electron chi connectivity index (χ1n) is 5.39. The third-order valence-electron chi connectivity index (χ3n) is 2.83. The van der Waals surface area contributed by atoms with Crippen LogP contribution in [0.5, 0.6) is 5.75 Å². The molecule has 17 heavy (non-hydrogen) atoms. The Balaban J connectivity index is 2.24. The average molecular weight is 301 g/mol. The molecule has 1 saturated heterocycles. The standard InChI is InChI=1S/C12H13BrO4/c13-9-3-1-2-4-10(9)17-12(11(14)15)5-7-16-8-6-12/h1-4H,5-8H2,(H,14,15). The van der Waals surface area contributed by atoms with Crippen molar-refractivity contribution in [1.29, 1.82) is 0 Å². The van der Waals surface area contributed by atoms with Crippen LogP contribution < -0.4 is 4.74 Å². The van der Waals surface area contributed by atoms with Gasteiger partial charge in [-0.1, -0.05) is 12.1 Å². The van der Waals surface area contributed by atoms with E-state index in [0.717, 1.165) is 4.47 Å². The van der Waals surface area contributed by atoms with Crippen molar-refractivity contribution in [2.45, 2.75) is 18.4 Å². The lowest BCUT2D eigenvalue weighted by Crippen LogP contribution is -2.49. The van der Waals surface area contributed by atoms with Gasteiger partial charge in [-0.3, -0.25) is 0 Å². The van der Waals surface area contributed by atoms with Crippen molar-refractivity contribution in [3.63, 3.8) is 0 Å². The van der Waals surface area contributed by atoms with Crippen molar-refractivity contribution >= 4 is 21.9 Å². The van der Waals surface area contributed by atoms with Crippen molar-refractivity contribution in [2.24, 2.45) is 0 Å². The van der Waals surface area contributed by atoms with Gasteiger partial charge in [0.2, 0.25) is 5.60 Å². The number of para-hydroxylation sites is 1. The Morgan fingerprint density at radius 1 is 1.35 bits per heavy atom. The van der Waals surface area contributed by atoms with E-state index in [1.807, 2.05) is 18.2 Å². The van der Waals surface area contributed by atoms with E-state index in [1.54, 1.807) is 6.07 Å². The first kappa shape index (κ1) is 12.4. The van der Waals surface area contributed by atoms with E-state index in [-0.39, 0.29) is 0 Å². The third kappa shape index (κ3) is 2.61. The van der Waals surface area contributed by atoms with E-state index in [4.69, 9.17) is 9.47 Å². The van der Waals surface area contributed by atoms with Gasteiger partial charge in [0.15, 0.2) is 0 Å². The van der Waals surface area contributed by atoms with Crippen LogP contribution >= 0.6 is 15.9 Å². The molecule has 0 saturated carbocycles. The molecule has 0 aromatic heterocycles. The topological polar surface area (TPSA) is 55.8 Å². The molecule has 1 fully saturated rings. The predicted octanol–water partition coefficient (Wildman–Crippen LogP) is 2.46. The fourth-order valence-electron chi connectivity index (χ4n) is 1.80. The second kappa shape index (κ2) is 5.06. The minimum Gasteiger partial charge on any atom is -0.478 e. The molecule has 1 aromatic rings. The van der Waals surface area contributed by atoms with Crippen molar-refractivity contribution in [2.75, 3.05) is 13.2 Å². The Hall–Kier alpha value is -1.07. The fourth-order valence-corrected chi connectivity index (χ4v) is 2.16. The van der Waals surface area contributed by atoms with E-state index in [2.05, 4.69) is 15.9 Å². The Bertz CT molecular complexity index is 413. The number of halogens is 1. The zero-order chi connectivity index (χ0) is 12.3. The van der Waals surface area contributed by atoms with Gasteiger partial charge in [0.25, 0.3) is 0 Å². The molecule has 1 aromatic carbocycles. The lowest BCUT2D eigenvalue weighted by molar-refractivity contribution is -0.163. The smallest absolute Gasteiger partial charge is 0.348 e. The van der Waals surface area contributed by atoms with Crippen molar-refractivity contribution < 1.29 is 19.4 Å². The number of hydrogen-bond donors (Lipinski definition) is 1. The van der Waals surface area contributed by atoms with Crippen LogP contribution in [-0.2, 0) is 9.53 Å². The summed E-state index contributed by atoms with van der Waals surface area (Å²) in [7, 11) is 0. The molecule has 5 heteroatoms. The lowest BCUT2D eigenvalue weighted by Gasteiger charge is -2.33. The number of hydrogen-bond acceptors (Lipinski definition) is 3. The highest BCUT2D eigenvalue weighted by Gasteiger charge is 2.43. The second-order valence-electron chi connectivity index (χ2n) is 3.94. The van der Waals surface area contributed by atoms with Crippen LogP contribution in [0.4, 0.5) is 0 Å². The second-order valence-corrected chi connectivity index (χ2v) is 4.80. The summed E-state index contributed by atoms with van der Waals surface area (Å²) >= 11 is 3.35. The van der Waals surface area contributed by atoms with Crippen LogP contribution in [0.3, 0.4) is 0 Å². The molecule has 1 aliphatic rings.